The highest BCUT2D eigenvalue weighted by atomic mass is 79.9. The van der Waals surface area contributed by atoms with Gasteiger partial charge in [-0.3, -0.25) is 4.90 Å². The highest BCUT2D eigenvalue weighted by molar-refractivity contribution is 9.10. The molecule has 0 aliphatic carbocycles. The van der Waals surface area contributed by atoms with E-state index in [1.807, 2.05) is 18.2 Å². The normalized spacial score (nSPS) is 13.8. The van der Waals surface area contributed by atoms with E-state index in [0.717, 1.165) is 28.9 Å². The summed E-state index contributed by atoms with van der Waals surface area (Å²) in [4.78, 5) is 2.25. The molecule has 0 saturated carbocycles. The van der Waals surface area contributed by atoms with Crippen LogP contribution in [0, 0.1) is 0 Å². The molecule has 3 nitrogen and oxygen atoms in total. The SMILES string of the molecule is CN(CC1=Cc2cc(Br)ccc2OC1)Cc1ccoc1. The van der Waals surface area contributed by atoms with Gasteiger partial charge in [-0.1, -0.05) is 15.9 Å². The molecular weight excluding hydrogens is 318 g/mol. The van der Waals surface area contributed by atoms with Crippen LogP contribution in [-0.2, 0) is 6.54 Å². The summed E-state index contributed by atoms with van der Waals surface area (Å²) in [7, 11) is 2.10. The summed E-state index contributed by atoms with van der Waals surface area (Å²) >= 11 is 3.50. The van der Waals surface area contributed by atoms with Crippen LogP contribution < -0.4 is 4.74 Å². The Morgan fingerprint density at radius 2 is 2.15 bits per heavy atom. The lowest BCUT2D eigenvalue weighted by Gasteiger charge is -2.22. The predicted octanol–water partition coefficient (Wildman–Crippen LogP) is 3.95. The van der Waals surface area contributed by atoms with Gasteiger partial charge in [-0.2, -0.15) is 0 Å². The van der Waals surface area contributed by atoms with E-state index in [-0.39, 0.29) is 0 Å². The highest BCUT2D eigenvalue weighted by Gasteiger charge is 2.13. The zero-order valence-electron chi connectivity index (χ0n) is 11.3. The topological polar surface area (TPSA) is 25.6 Å². The molecule has 0 unspecified atom stereocenters. The molecule has 0 fully saturated rings. The van der Waals surface area contributed by atoms with Crippen molar-refractivity contribution in [3.63, 3.8) is 0 Å². The molecule has 1 aromatic carbocycles. The second-order valence-corrected chi connectivity index (χ2v) is 5.99. The quantitative estimate of drug-likeness (QED) is 0.847. The van der Waals surface area contributed by atoms with Gasteiger partial charge in [0.15, 0.2) is 0 Å². The van der Waals surface area contributed by atoms with Crippen LogP contribution >= 0.6 is 15.9 Å². The first-order valence-electron chi connectivity index (χ1n) is 6.52. The van der Waals surface area contributed by atoms with Crippen LogP contribution in [0.4, 0.5) is 0 Å². The van der Waals surface area contributed by atoms with Crippen molar-refractivity contribution in [3.8, 4) is 5.75 Å². The van der Waals surface area contributed by atoms with E-state index in [2.05, 4.69) is 40.0 Å². The van der Waals surface area contributed by atoms with Crippen LogP contribution in [0.2, 0.25) is 0 Å². The summed E-state index contributed by atoms with van der Waals surface area (Å²) in [6.07, 6.45) is 5.71. The van der Waals surface area contributed by atoms with Gasteiger partial charge in [0.2, 0.25) is 0 Å². The minimum atomic E-state index is 0.657. The summed E-state index contributed by atoms with van der Waals surface area (Å²) in [5.74, 6) is 0.953. The fourth-order valence-electron chi connectivity index (χ4n) is 2.38. The third-order valence-electron chi connectivity index (χ3n) is 3.25. The standard InChI is InChI=1S/C16H16BrNO2/c1-18(8-12-4-5-19-10-12)9-13-6-14-7-15(17)2-3-16(14)20-11-13/h2-7,10H,8-9,11H2,1H3. The van der Waals surface area contributed by atoms with Gasteiger partial charge in [0.05, 0.1) is 12.5 Å². The molecule has 0 bridgehead atoms. The third kappa shape index (κ3) is 3.14. The molecule has 2 aromatic rings. The fourth-order valence-corrected chi connectivity index (χ4v) is 2.76. The first-order valence-corrected chi connectivity index (χ1v) is 7.31. The second kappa shape index (κ2) is 5.85. The maximum absolute atomic E-state index is 5.79. The van der Waals surface area contributed by atoms with Crippen LogP contribution in [0.1, 0.15) is 11.1 Å². The average Bonchev–Trinajstić information content (AvgIpc) is 2.91. The molecule has 1 aliphatic heterocycles. The van der Waals surface area contributed by atoms with Crippen LogP contribution in [-0.4, -0.2) is 25.1 Å². The highest BCUT2D eigenvalue weighted by Crippen LogP contribution is 2.29. The van der Waals surface area contributed by atoms with Crippen molar-refractivity contribution in [1.29, 1.82) is 0 Å². The van der Waals surface area contributed by atoms with E-state index >= 15 is 0 Å². The Bertz CT molecular complexity index is 619. The van der Waals surface area contributed by atoms with Crippen molar-refractivity contribution in [2.75, 3.05) is 20.2 Å². The Morgan fingerprint density at radius 1 is 1.25 bits per heavy atom. The van der Waals surface area contributed by atoms with E-state index < -0.39 is 0 Å². The van der Waals surface area contributed by atoms with Crippen LogP contribution in [0.3, 0.4) is 0 Å². The van der Waals surface area contributed by atoms with E-state index in [1.54, 1.807) is 12.5 Å². The van der Waals surface area contributed by atoms with Crippen molar-refractivity contribution in [2.45, 2.75) is 6.54 Å². The van der Waals surface area contributed by atoms with Gasteiger partial charge in [-0.05, 0) is 43.0 Å². The summed E-state index contributed by atoms with van der Waals surface area (Å²) in [6, 6.07) is 8.09. The van der Waals surface area contributed by atoms with Crippen LogP contribution in [0.25, 0.3) is 6.08 Å². The lowest BCUT2D eigenvalue weighted by molar-refractivity contribution is 0.304. The number of rotatable bonds is 4. The van der Waals surface area contributed by atoms with E-state index in [0.29, 0.717) is 6.61 Å². The lowest BCUT2D eigenvalue weighted by Crippen LogP contribution is -2.23. The monoisotopic (exact) mass is 333 g/mol. The van der Waals surface area contributed by atoms with Crippen molar-refractivity contribution in [3.05, 3.63) is 58.0 Å². The Morgan fingerprint density at radius 3 is 2.95 bits per heavy atom. The van der Waals surface area contributed by atoms with Crippen LogP contribution in [0.15, 0.2) is 51.3 Å². The van der Waals surface area contributed by atoms with Gasteiger partial charge in [0, 0.05) is 28.7 Å². The predicted molar refractivity (Wildman–Crippen MR) is 82.7 cm³/mol. The third-order valence-corrected chi connectivity index (χ3v) is 3.74. The zero-order valence-corrected chi connectivity index (χ0v) is 12.9. The van der Waals surface area contributed by atoms with Gasteiger partial charge in [-0.15, -0.1) is 0 Å². The van der Waals surface area contributed by atoms with Gasteiger partial charge in [0.25, 0.3) is 0 Å². The molecule has 3 rings (SSSR count). The molecule has 0 spiro atoms. The molecule has 0 N–H and O–H groups in total. The number of nitrogens with zero attached hydrogens (tertiary/aromatic N) is 1. The number of halogens is 1. The number of ether oxygens (including phenoxy) is 1. The molecule has 0 amide bonds. The second-order valence-electron chi connectivity index (χ2n) is 5.08. The number of furan rings is 1. The molecule has 2 heterocycles. The summed E-state index contributed by atoms with van der Waals surface area (Å²) in [5.41, 5.74) is 3.60. The maximum atomic E-state index is 5.79. The molecule has 104 valence electrons. The zero-order chi connectivity index (χ0) is 13.9. The summed E-state index contributed by atoms with van der Waals surface area (Å²) in [5, 5.41) is 0. The molecule has 0 radical (unpaired) electrons. The molecule has 0 atom stereocenters. The van der Waals surface area contributed by atoms with Gasteiger partial charge < -0.3 is 9.15 Å². The van der Waals surface area contributed by atoms with E-state index in [4.69, 9.17) is 9.15 Å². The Labute approximate surface area is 127 Å². The van der Waals surface area contributed by atoms with Crippen molar-refractivity contribution < 1.29 is 9.15 Å². The maximum Gasteiger partial charge on any atom is 0.127 e. The number of fused-ring (bicyclic) bond motifs is 1. The number of likely N-dealkylation sites (N-methyl/N-ethyl adjacent to an activating group) is 1. The largest absolute Gasteiger partial charge is 0.489 e. The molecule has 1 aromatic heterocycles. The molecule has 1 aliphatic rings. The van der Waals surface area contributed by atoms with Gasteiger partial charge in [0.1, 0.15) is 12.4 Å². The number of hydrogen-bond donors (Lipinski definition) is 0. The summed E-state index contributed by atoms with van der Waals surface area (Å²) in [6.45, 7) is 2.42. The Hall–Kier alpha value is -1.52. The molecular formula is C16H16BrNO2. The molecule has 20 heavy (non-hydrogen) atoms. The Kier molecular flexibility index (Phi) is 3.94. The van der Waals surface area contributed by atoms with Crippen LogP contribution in [0.5, 0.6) is 5.75 Å². The van der Waals surface area contributed by atoms with Crippen molar-refractivity contribution in [2.24, 2.45) is 0 Å². The van der Waals surface area contributed by atoms with Gasteiger partial charge >= 0.3 is 0 Å². The van der Waals surface area contributed by atoms with Crippen molar-refractivity contribution >= 4 is 22.0 Å². The van der Waals surface area contributed by atoms with E-state index in [9.17, 15) is 0 Å². The lowest BCUT2D eigenvalue weighted by atomic mass is 10.1. The Balaban J connectivity index is 1.69. The van der Waals surface area contributed by atoms with E-state index in [1.165, 1.54) is 11.1 Å². The summed E-state index contributed by atoms with van der Waals surface area (Å²) < 4.78 is 12.0. The number of hydrogen-bond acceptors (Lipinski definition) is 3. The van der Waals surface area contributed by atoms with Gasteiger partial charge in [-0.25, -0.2) is 0 Å². The number of benzene rings is 1. The smallest absolute Gasteiger partial charge is 0.127 e. The van der Waals surface area contributed by atoms with Crippen molar-refractivity contribution in [1.82, 2.24) is 4.90 Å². The fraction of sp³-hybridized carbons (Fsp3) is 0.250. The molecule has 4 heteroatoms. The first kappa shape index (κ1) is 13.5. The molecule has 0 saturated heterocycles. The minimum Gasteiger partial charge on any atom is -0.489 e. The average molecular weight is 334 g/mol. The minimum absolute atomic E-state index is 0.657. The first-order chi connectivity index (χ1) is 9.70.